The van der Waals surface area contributed by atoms with Crippen LogP contribution >= 0.6 is 0 Å². The summed E-state index contributed by atoms with van der Waals surface area (Å²) in [5.74, 6) is -1.16. The summed E-state index contributed by atoms with van der Waals surface area (Å²) in [5, 5.41) is 0. The minimum atomic E-state index is -0.810. The van der Waals surface area contributed by atoms with Crippen molar-refractivity contribution in [1.29, 1.82) is 0 Å². The highest BCUT2D eigenvalue weighted by atomic mass is 19.2. The van der Waals surface area contributed by atoms with Crippen molar-refractivity contribution in [3.63, 3.8) is 0 Å². The zero-order valence-corrected chi connectivity index (χ0v) is 11.5. The van der Waals surface area contributed by atoms with E-state index < -0.39 is 11.6 Å². The molecule has 0 spiro atoms. The summed E-state index contributed by atoms with van der Waals surface area (Å²) in [4.78, 5) is 0. The van der Waals surface area contributed by atoms with Crippen LogP contribution in [0, 0.1) is 17.6 Å². The van der Waals surface area contributed by atoms with Gasteiger partial charge in [-0.15, -0.1) is 0 Å². The number of fused-ring (bicyclic) bond motifs is 1. The molecule has 0 aromatic heterocycles. The van der Waals surface area contributed by atoms with Gasteiger partial charge in [0.1, 0.15) is 0 Å². The highest BCUT2D eigenvalue weighted by Crippen LogP contribution is 2.32. The maximum Gasteiger partial charge on any atom is 0.180 e. The molecular formula is C16H18F2O2. The molecule has 1 aromatic carbocycles. The van der Waals surface area contributed by atoms with Crippen molar-refractivity contribution < 1.29 is 18.3 Å². The van der Waals surface area contributed by atoms with Crippen molar-refractivity contribution in [2.24, 2.45) is 5.92 Å². The van der Waals surface area contributed by atoms with Crippen LogP contribution in [0.25, 0.3) is 6.08 Å². The Morgan fingerprint density at radius 3 is 2.55 bits per heavy atom. The first-order valence-corrected chi connectivity index (χ1v) is 7.09. The number of hydrogen-bond acceptors (Lipinski definition) is 2. The Balaban J connectivity index is 1.68. The summed E-state index contributed by atoms with van der Waals surface area (Å²) in [7, 11) is 0. The largest absolute Gasteiger partial charge is 0.348 e. The zero-order valence-electron chi connectivity index (χ0n) is 11.5. The fourth-order valence-corrected chi connectivity index (χ4v) is 2.85. The van der Waals surface area contributed by atoms with E-state index in [-0.39, 0.29) is 6.29 Å². The molecule has 1 heterocycles. The molecule has 0 radical (unpaired) electrons. The Hall–Kier alpha value is -1.26. The number of halogens is 2. The van der Waals surface area contributed by atoms with Gasteiger partial charge in [0, 0.05) is 5.92 Å². The van der Waals surface area contributed by atoms with E-state index in [1.807, 2.05) is 6.08 Å². The fourth-order valence-electron chi connectivity index (χ4n) is 2.85. The van der Waals surface area contributed by atoms with E-state index in [1.165, 1.54) is 12.1 Å². The van der Waals surface area contributed by atoms with Crippen molar-refractivity contribution in [3.8, 4) is 0 Å². The summed E-state index contributed by atoms with van der Waals surface area (Å²) >= 11 is 0. The summed E-state index contributed by atoms with van der Waals surface area (Å²) in [6, 6.07) is 2.50. The lowest BCUT2D eigenvalue weighted by molar-refractivity contribution is -0.181. The topological polar surface area (TPSA) is 18.5 Å². The molecule has 3 rings (SSSR count). The molecular weight excluding hydrogens is 262 g/mol. The van der Waals surface area contributed by atoms with Gasteiger partial charge in [-0.2, -0.15) is 0 Å². The predicted octanol–water partition coefficient (Wildman–Crippen LogP) is 3.69. The average molecular weight is 280 g/mol. The molecule has 4 heteroatoms. The van der Waals surface area contributed by atoms with E-state index in [0.29, 0.717) is 25.6 Å². The number of ether oxygens (including phenoxy) is 2. The van der Waals surface area contributed by atoms with Crippen LogP contribution in [0.15, 0.2) is 17.7 Å². The van der Waals surface area contributed by atoms with Gasteiger partial charge in [0.15, 0.2) is 17.9 Å². The van der Waals surface area contributed by atoms with Gasteiger partial charge in [-0.1, -0.05) is 19.4 Å². The van der Waals surface area contributed by atoms with E-state index >= 15 is 0 Å². The lowest BCUT2D eigenvalue weighted by Gasteiger charge is -2.30. The molecule has 0 amide bonds. The van der Waals surface area contributed by atoms with E-state index in [4.69, 9.17) is 9.47 Å². The second-order valence-electron chi connectivity index (χ2n) is 5.51. The smallest absolute Gasteiger partial charge is 0.180 e. The number of rotatable bonds is 3. The van der Waals surface area contributed by atoms with Crippen LogP contribution in [0.1, 0.15) is 30.9 Å². The molecule has 20 heavy (non-hydrogen) atoms. The van der Waals surface area contributed by atoms with Gasteiger partial charge in [-0.05, 0) is 41.7 Å². The van der Waals surface area contributed by atoms with Crippen LogP contribution in [0.2, 0.25) is 0 Å². The minimum absolute atomic E-state index is 0.373. The average Bonchev–Trinajstić information content (AvgIpc) is 2.83. The Morgan fingerprint density at radius 2 is 1.85 bits per heavy atom. The molecule has 1 aromatic rings. The molecule has 108 valence electrons. The standard InChI is InChI=1S/C16H18F2O2/c1-2-3-10-8-19-16(20-9-10)13-4-11-6-14(17)15(18)7-12(11)5-13/h4,6-7,10,16H,2-3,5,8-9H2,1H3. The highest BCUT2D eigenvalue weighted by Gasteiger charge is 2.28. The van der Waals surface area contributed by atoms with Gasteiger partial charge in [0.25, 0.3) is 0 Å². The van der Waals surface area contributed by atoms with Gasteiger partial charge in [-0.25, -0.2) is 8.78 Å². The lowest BCUT2D eigenvalue weighted by atomic mass is 10.0. The molecule has 0 unspecified atom stereocenters. The molecule has 2 aliphatic rings. The molecule has 0 atom stereocenters. The third-order valence-electron chi connectivity index (χ3n) is 3.88. The van der Waals surface area contributed by atoms with Crippen molar-refractivity contribution in [2.75, 3.05) is 13.2 Å². The van der Waals surface area contributed by atoms with E-state index in [1.54, 1.807) is 0 Å². The number of benzene rings is 1. The van der Waals surface area contributed by atoms with Crippen LogP contribution < -0.4 is 0 Å². The van der Waals surface area contributed by atoms with Gasteiger partial charge < -0.3 is 9.47 Å². The molecule has 0 saturated carbocycles. The number of hydrogen-bond donors (Lipinski definition) is 0. The third-order valence-corrected chi connectivity index (χ3v) is 3.88. The third kappa shape index (κ3) is 2.63. The van der Waals surface area contributed by atoms with Crippen LogP contribution in [0.3, 0.4) is 0 Å². The van der Waals surface area contributed by atoms with Crippen molar-refractivity contribution in [1.82, 2.24) is 0 Å². The zero-order chi connectivity index (χ0) is 14.1. The first kappa shape index (κ1) is 13.7. The van der Waals surface area contributed by atoms with Crippen LogP contribution in [-0.2, 0) is 15.9 Å². The minimum Gasteiger partial charge on any atom is -0.348 e. The van der Waals surface area contributed by atoms with Crippen molar-refractivity contribution in [2.45, 2.75) is 32.5 Å². The predicted molar refractivity (Wildman–Crippen MR) is 72.1 cm³/mol. The maximum absolute atomic E-state index is 13.2. The second kappa shape index (κ2) is 5.62. The van der Waals surface area contributed by atoms with Crippen LogP contribution in [-0.4, -0.2) is 19.5 Å². The first-order valence-electron chi connectivity index (χ1n) is 7.09. The Bertz CT molecular complexity index is 532. The molecule has 1 aliphatic carbocycles. The summed E-state index contributed by atoms with van der Waals surface area (Å²) in [6.07, 6.45) is 4.26. The molecule has 1 fully saturated rings. The molecule has 0 N–H and O–H groups in total. The molecule has 2 nitrogen and oxygen atoms in total. The van der Waals surface area contributed by atoms with Crippen molar-refractivity contribution >= 4 is 6.08 Å². The van der Waals surface area contributed by atoms with E-state index in [9.17, 15) is 8.78 Å². The highest BCUT2D eigenvalue weighted by molar-refractivity contribution is 5.64. The summed E-state index contributed by atoms with van der Waals surface area (Å²) in [6.45, 7) is 3.52. The Morgan fingerprint density at radius 1 is 1.15 bits per heavy atom. The second-order valence-corrected chi connectivity index (χ2v) is 5.51. The molecule has 1 aliphatic heterocycles. The lowest BCUT2D eigenvalue weighted by Crippen LogP contribution is -2.33. The molecule has 1 saturated heterocycles. The van der Waals surface area contributed by atoms with Crippen LogP contribution in [0.5, 0.6) is 0 Å². The summed E-state index contributed by atoms with van der Waals surface area (Å²) in [5.41, 5.74) is 2.46. The SMILES string of the molecule is CCCC1COC(C2=Cc3cc(F)c(F)cc3C2)OC1. The van der Waals surface area contributed by atoms with Gasteiger partial charge in [0.05, 0.1) is 13.2 Å². The van der Waals surface area contributed by atoms with Gasteiger partial charge >= 0.3 is 0 Å². The molecule has 0 bridgehead atoms. The summed E-state index contributed by atoms with van der Waals surface area (Å²) < 4.78 is 37.9. The monoisotopic (exact) mass is 280 g/mol. The normalized spacial score (nSPS) is 25.4. The first-order chi connectivity index (χ1) is 9.67. The van der Waals surface area contributed by atoms with E-state index in [0.717, 1.165) is 29.5 Å². The fraction of sp³-hybridized carbons (Fsp3) is 0.500. The Kier molecular flexibility index (Phi) is 3.85. The van der Waals surface area contributed by atoms with Gasteiger partial charge in [-0.3, -0.25) is 0 Å². The Labute approximate surface area is 117 Å². The van der Waals surface area contributed by atoms with Crippen LogP contribution in [0.4, 0.5) is 8.78 Å². The maximum atomic E-state index is 13.2. The quantitative estimate of drug-likeness (QED) is 0.840. The van der Waals surface area contributed by atoms with E-state index in [2.05, 4.69) is 6.92 Å². The van der Waals surface area contributed by atoms with Crippen molar-refractivity contribution in [3.05, 3.63) is 40.5 Å². The van der Waals surface area contributed by atoms with Gasteiger partial charge in [0.2, 0.25) is 0 Å².